The first kappa shape index (κ1) is 22.4. The van der Waals surface area contributed by atoms with Gasteiger partial charge in [0.15, 0.2) is 5.69 Å². The zero-order chi connectivity index (χ0) is 23.6. The molecule has 4 aromatic rings. The van der Waals surface area contributed by atoms with Crippen molar-refractivity contribution in [1.29, 1.82) is 0 Å². The van der Waals surface area contributed by atoms with Crippen LogP contribution in [0.15, 0.2) is 60.0 Å². The number of aromatic nitrogens is 3. The number of thiazole rings is 1. The number of ether oxygens (including phenoxy) is 1. The van der Waals surface area contributed by atoms with Gasteiger partial charge >= 0.3 is 12.1 Å². The van der Waals surface area contributed by atoms with E-state index in [-0.39, 0.29) is 16.6 Å². The van der Waals surface area contributed by atoms with Gasteiger partial charge in [-0.3, -0.25) is 4.79 Å². The lowest BCUT2D eigenvalue weighted by molar-refractivity contribution is -0.142. The van der Waals surface area contributed by atoms with Crippen LogP contribution in [0.25, 0.3) is 28.5 Å². The highest BCUT2D eigenvalue weighted by atomic mass is 32.1. The Hall–Kier alpha value is -3.79. The number of carbonyl (C=O) groups is 1. The number of halogens is 4. The van der Waals surface area contributed by atoms with E-state index in [1.54, 1.807) is 29.6 Å². The largest absolute Gasteiger partial charge is 0.433 e. The van der Waals surface area contributed by atoms with Crippen LogP contribution >= 0.6 is 11.3 Å². The Bertz CT molecular complexity index is 1320. The van der Waals surface area contributed by atoms with Crippen LogP contribution in [-0.4, -0.2) is 20.7 Å². The number of hydrogen-bond donors (Lipinski definition) is 0. The fourth-order valence-corrected chi connectivity index (χ4v) is 3.78. The van der Waals surface area contributed by atoms with E-state index in [1.807, 2.05) is 0 Å². The fraction of sp³-hybridized carbons (Fsp3) is 0.0870. The summed E-state index contributed by atoms with van der Waals surface area (Å²) in [5, 5.41) is 5.66. The standard InChI is InChI=1S/C23H15F4N3O2S/c1-14(31)32-20-5-3-2-4-16(20)8-11-18-12-21(23(25,26)27)30(29-18)22-28-19(13-33-22)15-6-9-17(24)10-7-15/h2-13H,1H3. The predicted molar refractivity (Wildman–Crippen MR) is 116 cm³/mol. The second kappa shape index (κ2) is 8.99. The summed E-state index contributed by atoms with van der Waals surface area (Å²) < 4.78 is 60.1. The molecule has 2 heterocycles. The van der Waals surface area contributed by atoms with Gasteiger partial charge in [0.05, 0.1) is 11.4 Å². The Balaban J connectivity index is 1.69. The van der Waals surface area contributed by atoms with Gasteiger partial charge in [-0.15, -0.1) is 11.3 Å². The maximum absolute atomic E-state index is 13.7. The van der Waals surface area contributed by atoms with Crippen LogP contribution in [0.1, 0.15) is 23.9 Å². The minimum Gasteiger partial charge on any atom is -0.426 e. The molecule has 10 heteroatoms. The van der Waals surface area contributed by atoms with E-state index in [2.05, 4.69) is 10.1 Å². The molecule has 5 nitrogen and oxygen atoms in total. The molecule has 0 aliphatic heterocycles. The van der Waals surface area contributed by atoms with Crippen molar-refractivity contribution < 1.29 is 27.1 Å². The van der Waals surface area contributed by atoms with Gasteiger partial charge in [0, 0.05) is 23.4 Å². The van der Waals surface area contributed by atoms with Gasteiger partial charge in [0.25, 0.3) is 0 Å². The zero-order valence-electron chi connectivity index (χ0n) is 17.0. The van der Waals surface area contributed by atoms with Crippen molar-refractivity contribution in [1.82, 2.24) is 14.8 Å². The second-order valence-corrected chi connectivity index (χ2v) is 7.69. The maximum Gasteiger partial charge on any atom is 0.433 e. The molecule has 0 atom stereocenters. The number of nitrogens with zero attached hydrogens (tertiary/aromatic N) is 3. The molecule has 0 fully saturated rings. The summed E-state index contributed by atoms with van der Waals surface area (Å²) in [7, 11) is 0. The molecule has 2 aromatic heterocycles. The minimum atomic E-state index is -4.67. The molecular formula is C23H15F4N3O2S. The normalized spacial score (nSPS) is 11.8. The van der Waals surface area contributed by atoms with Gasteiger partial charge < -0.3 is 4.74 Å². The summed E-state index contributed by atoms with van der Waals surface area (Å²) in [6.45, 7) is 1.26. The summed E-state index contributed by atoms with van der Waals surface area (Å²) in [5.41, 5.74) is 0.533. The molecule has 4 rings (SSSR count). The number of benzene rings is 2. The molecule has 0 N–H and O–H groups in total. The number of esters is 1. The van der Waals surface area contributed by atoms with Crippen LogP contribution in [0.5, 0.6) is 5.75 Å². The van der Waals surface area contributed by atoms with Crippen molar-refractivity contribution in [2.24, 2.45) is 0 Å². The van der Waals surface area contributed by atoms with Gasteiger partial charge in [-0.25, -0.2) is 14.1 Å². The number of carbonyl (C=O) groups excluding carboxylic acids is 1. The Morgan fingerprint density at radius 2 is 1.82 bits per heavy atom. The third-order valence-electron chi connectivity index (χ3n) is 4.44. The van der Waals surface area contributed by atoms with E-state index in [0.29, 0.717) is 16.8 Å². The molecule has 0 aliphatic rings. The highest BCUT2D eigenvalue weighted by Gasteiger charge is 2.36. The van der Waals surface area contributed by atoms with Crippen LogP contribution in [0.2, 0.25) is 0 Å². The molecule has 0 bridgehead atoms. The van der Waals surface area contributed by atoms with Gasteiger partial charge in [0.2, 0.25) is 5.13 Å². The predicted octanol–water partition coefficient (Wildman–Crippen LogP) is 6.25. The first-order valence-electron chi connectivity index (χ1n) is 9.55. The van der Waals surface area contributed by atoms with Crippen LogP contribution in [0.4, 0.5) is 17.6 Å². The molecule has 168 valence electrons. The lowest BCUT2D eigenvalue weighted by Gasteiger charge is -2.07. The summed E-state index contributed by atoms with van der Waals surface area (Å²) in [6, 6.07) is 13.0. The molecule has 2 aromatic carbocycles. The number of para-hydroxylation sites is 1. The van der Waals surface area contributed by atoms with Gasteiger partial charge in [-0.2, -0.15) is 18.3 Å². The highest BCUT2D eigenvalue weighted by molar-refractivity contribution is 7.12. The first-order chi connectivity index (χ1) is 15.7. The molecule has 0 saturated heterocycles. The molecule has 0 saturated carbocycles. The Kier molecular flexibility index (Phi) is 6.10. The lowest BCUT2D eigenvalue weighted by Crippen LogP contribution is -2.13. The molecule has 0 aliphatic carbocycles. The van der Waals surface area contributed by atoms with Gasteiger partial charge in [0.1, 0.15) is 11.6 Å². The maximum atomic E-state index is 13.7. The smallest absolute Gasteiger partial charge is 0.426 e. The number of hydrogen-bond acceptors (Lipinski definition) is 5. The van der Waals surface area contributed by atoms with Crippen LogP contribution in [0, 0.1) is 5.82 Å². The molecule has 33 heavy (non-hydrogen) atoms. The lowest BCUT2D eigenvalue weighted by atomic mass is 10.1. The van der Waals surface area contributed by atoms with E-state index < -0.39 is 23.7 Å². The summed E-state index contributed by atoms with van der Waals surface area (Å²) in [5.74, 6) is -0.659. The minimum absolute atomic E-state index is 0.0154. The highest BCUT2D eigenvalue weighted by Crippen LogP contribution is 2.34. The third-order valence-corrected chi connectivity index (χ3v) is 5.25. The quantitative estimate of drug-likeness (QED) is 0.195. The van der Waals surface area contributed by atoms with Crippen molar-refractivity contribution >= 4 is 29.5 Å². The fourth-order valence-electron chi connectivity index (χ4n) is 2.98. The number of alkyl halides is 3. The molecular weight excluding hydrogens is 458 g/mol. The molecule has 0 amide bonds. The third kappa shape index (κ3) is 5.17. The van der Waals surface area contributed by atoms with E-state index in [0.717, 1.165) is 22.1 Å². The average molecular weight is 473 g/mol. The number of rotatable bonds is 5. The molecule has 0 spiro atoms. The van der Waals surface area contributed by atoms with Crippen molar-refractivity contribution in [3.05, 3.63) is 82.7 Å². The second-order valence-electron chi connectivity index (χ2n) is 6.85. The first-order valence-corrected chi connectivity index (χ1v) is 10.4. The van der Waals surface area contributed by atoms with E-state index in [9.17, 15) is 22.4 Å². The van der Waals surface area contributed by atoms with Crippen LogP contribution in [-0.2, 0) is 11.0 Å². The topological polar surface area (TPSA) is 57.0 Å². The summed E-state index contributed by atoms with van der Waals surface area (Å²) >= 11 is 0.983. The molecule has 0 radical (unpaired) electrons. The van der Waals surface area contributed by atoms with Crippen LogP contribution in [0.3, 0.4) is 0 Å². The summed E-state index contributed by atoms with van der Waals surface area (Å²) in [6.07, 6.45) is -1.77. The average Bonchev–Trinajstić information content (AvgIpc) is 3.40. The SMILES string of the molecule is CC(=O)Oc1ccccc1C=Cc1cc(C(F)(F)F)n(-c2nc(-c3ccc(F)cc3)cs2)n1. The van der Waals surface area contributed by atoms with Crippen molar-refractivity contribution in [2.45, 2.75) is 13.1 Å². The molecule has 0 unspecified atom stereocenters. The Morgan fingerprint density at radius 3 is 2.52 bits per heavy atom. The Morgan fingerprint density at radius 1 is 1.09 bits per heavy atom. The van der Waals surface area contributed by atoms with Crippen molar-refractivity contribution in [2.75, 3.05) is 0 Å². The Labute approximate surface area is 189 Å². The zero-order valence-corrected chi connectivity index (χ0v) is 17.8. The van der Waals surface area contributed by atoms with Crippen molar-refractivity contribution in [3.63, 3.8) is 0 Å². The van der Waals surface area contributed by atoms with E-state index in [4.69, 9.17) is 4.74 Å². The monoisotopic (exact) mass is 473 g/mol. The van der Waals surface area contributed by atoms with Gasteiger partial charge in [-0.1, -0.05) is 18.2 Å². The van der Waals surface area contributed by atoms with Crippen LogP contribution < -0.4 is 4.74 Å². The summed E-state index contributed by atoms with van der Waals surface area (Å²) in [4.78, 5) is 15.5. The van der Waals surface area contributed by atoms with Crippen molar-refractivity contribution in [3.8, 4) is 22.1 Å². The van der Waals surface area contributed by atoms with E-state index in [1.165, 1.54) is 43.3 Å². The van der Waals surface area contributed by atoms with Gasteiger partial charge in [-0.05, 0) is 48.6 Å². The van der Waals surface area contributed by atoms with E-state index >= 15 is 0 Å².